The highest BCUT2D eigenvalue weighted by molar-refractivity contribution is 4.62. The predicted molar refractivity (Wildman–Crippen MR) is 127 cm³/mol. The molecule has 0 spiro atoms. The second kappa shape index (κ2) is 24.0. The highest BCUT2D eigenvalue weighted by Gasteiger charge is 2.08. The van der Waals surface area contributed by atoms with Crippen LogP contribution in [-0.4, -0.2) is 0 Å². The average Bonchev–Trinajstić information content (AvgIpc) is 2.68. The van der Waals surface area contributed by atoms with Gasteiger partial charge in [-0.1, -0.05) is 168 Å². The van der Waals surface area contributed by atoms with Crippen LogP contribution in [0.5, 0.6) is 0 Å². The maximum atomic E-state index is 2.32. The molecular formula is C27H56. The summed E-state index contributed by atoms with van der Waals surface area (Å²) < 4.78 is 0. The second-order valence-electron chi connectivity index (χ2n) is 9.24. The Hall–Kier alpha value is 0. The third-order valence-electron chi connectivity index (χ3n) is 6.40. The predicted octanol–water partition coefficient (Wildman–Crippen LogP) is 10.6. The standard InChI is InChI=1S/C27H56/c1-4-7-10-13-15-17-20-23-26-27(24-21-18-12-9-6-3)25-22-19-16-14-11-8-5-2/h27H,4-26H2,1-3H3. The van der Waals surface area contributed by atoms with Crippen LogP contribution in [0.15, 0.2) is 0 Å². The summed E-state index contributed by atoms with van der Waals surface area (Å²) in [5.74, 6) is 1.04. The van der Waals surface area contributed by atoms with Crippen molar-refractivity contribution in [2.75, 3.05) is 0 Å². The molecule has 0 saturated carbocycles. The van der Waals surface area contributed by atoms with Gasteiger partial charge in [-0.05, 0) is 5.92 Å². The molecule has 0 fully saturated rings. The molecule has 0 heteroatoms. The molecule has 0 aliphatic rings. The van der Waals surface area contributed by atoms with Gasteiger partial charge in [0.05, 0.1) is 0 Å². The maximum absolute atomic E-state index is 2.32. The van der Waals surface area contributed by atoms with Crippen LogP contribution >= 0.6 is 0 Å². The quantitative estimate of drug-likeness (QED) is 0.155. The first-order valence-corrected chi connectivity index (χ1v) is 13.3. The van der Waals surface area contributed by atoms with Crippen molar-refractivity contribution in [1.29, 1.82) is 0 Å². The van der Waals surface area contributed by atoms with Crippen LogP contribution in [0.25, 0.3) is 0 Å². The van der Waals surface area contributed by atoms with Gasteiger partial charge >= 0.3 is 0 Å². The summed E-state index contributed by atoms with van der Waals surface area (Å²) in [6.07, 6.45) is 33.8. The van der Waals surface area contributed by atoms with Gasteiger partial charge in [-0.15, -0.1) is 0 Å². The van der Waals surface area contributed by atoms with Gasteiger partial charge in [-0.3, -0.25) is 0 Å². The van der Waals surface area contributed by atoms with Crippen molar-refractivity contribution in [3.63, 3.8) is 0 Å². The normalized spacial score (nSPS) is 12.6. The molecule has 0 bridgehead atoms. The van der Waals surface area contributed by atoms with Crippen LogP contribution < -0.4 is 0 Å². The SMILES string of the molecule is CCCCCCCCCCC(CCCCCCC)CCCCCCCCC. The van der Waals surface area contributed by atoms with Crippen molar-refractivity contribution in [2.45, 2.75) is 168 Å². The minimum absolute atomic E-state index is 1.04. The van der Waals surface area contributed by atoms with E-state index in [9.17, 15) is 0 Å². The van der Waals surface area contributed by atoms with Gasteiger partial charge < -0.3 is 0 Å². The Morgan fingerprint density at radius 2 is 0.519 bits per heavy atom. The van der Waals surface area contributed by atoms with Gasteiger partial charge in [-0.25, -0.2) is 0 Å². The minimum Gasteiger partial charge on any atom is -0.0654 e. The summed E-state index contributed by atoms with van der Waals surface area (Å²) >= 11 is 0. The summed E-state index contributed by atoms with van der Waals surface area (Å²) in [5.41, 5.74) is 0. The largest absolute Gasteiger partial charge is 0.0654 e. The fraction of sp³-hybridized carbons (Fsp3) is 1.00. The fourth-order valence-corrected chi connectivity index (χ4v) is 4.43. The Morgan fingerprint density at radius 3 is 0.778 bits per heavy atom. The van der Waals surface area contributed by atoms with E-state index >= 15 is 0 Å². The molecule has 164 valence electrons. The van der Waals surface area contributed by atoms with Gasteiger partial charge in [0.2, 0.25) is 0 Å². The van der Waals surface area contributed by atoms with Crippen LogP contribution in [-0.2, 0) is 0 Å². The van der Waals surface area contributed by atoms with Crippen LogP contribution in [0.3, 0.4) is 0 Å². The van der Waals surface area contributed by atoms with Crippen molar-refractivity contribution >= 4 is 0 Å². The topological polar surface area (TPSA) is 0 Å². The molecule has 0 rings (SSSR count). The molecule has 0 nitrogen and oxygen atoms in total. The molecule has 0 saturated heterocycles. The smallest absolute Gasteiger partial charge is 0.0414 e. The lowest BCUT2D eigenvalue weighted by molar-refractivity contribution is 0.365. The van der Waals surface area contributed by atoms with Gasteiger partial charge in [0.25, 0.3) is 0 Å². The van der Waals surface area contributed by atoms with Crippen molar-refractivity contribution in [2.24, 2.45) is 5.92 Å². The minimum atomic E-state index is 1.04. The van der Waals surface area contributed by atoms with E-state index in [1.165, 1.54) is 148 Å². The summed E-state index contributed by atoms with van der Waals surface area (Å²) in [4.78, 5) is 0. The Morgan fingerprint density at radius 1 is 0.296 bits per heavy atom. The van der Waals surface area contributed by atoms with Gasteiger partial charge in [0.15, 0.2) is 0 Å². The number of hydrogen-bond acceptors (Lipinski definition) is 0. The van der Waals surface area contributed by atoms with Gasteiger partial charge in [0, 0.05) is 0 Å². The lowest BCUT2D eigenvalue weighted by atomic mass is 9.89. The molecule has 0 aromatic heterocycles. The van der Waals surface area contributed by atoms with E-state index in [2.05, 4.69) is 20.8 Å². The Labute approximate surface area is 174 Å². The van der Waals surface area contributed by atoms with Crippen molar-refractivity contribution in [3.8, 4) is 0 Å². The van der Waals surface area contributed by atoms with E-state index in [4.69, 9.17) is 0 Å². The average molecular weight is 381 g/mol. The summed E-state index contributed by atoms with van der Waals surface area (Å²) in [6, 6.07) is 0. The third kappa shape index (κ3) is 22.2. The lowest BCUT2D eigenvalue weighted by Gasteiger charge is -2.17. The summed E-state index contributed by atoms with van der Waals surface area (Å²) in [5, 5.41) is 0. The van der Waals surface area contributed by atoms with E-state index in [1.54, 1.807) is 0 Å². The molecule has 0 radical (unpaired) electrons. The first-order chi connectivity index (χ1) is 13.3. The Kier molecular flexibility index (Phi) is 24.0. The highest BCUT2D eigenvalue weighted by atomic mass is 14.1. The second-order valence-corrected chi connectivity index (χ2v) is 9.24. The summed E-state index contributed by atoms with van der Waals surface area (Å²) in [7, 11) is 0. The van der Waals surface area contributed by atoms with E-state index in [0.717, 1.165) is 5.92 Å². The number of hydrogen-bond donors (Lipinski definition) is 0. The van der Waals surface area contributed by atoms with E-state index in [-0.39, 0.29) is 0 Å². The first-order valence-electron chi connectivity index (χ1n) is 13.3. The number of unbranched alkanes of at least 4 members (excludes halogenated alkanes) is 17. The molecule has 1 atom stereocenters. The molecule has 0 aliphatic carbocycles. The molecule has 0 aromatic rings. The number of rotatable bonds is 23. The third-order valence-corrected chi connectivity index (χ3v) is 6.40. The van der Waals surface area contributed by atoms with Gasteiger partial charge in [-0.2, -0.15) is 0 Å². The monoisotopic (exact) mass is 380 g/mol. The zero-order chi connectivity index (χ0) is 19.8. The van der Waals surface area contributed by atoms with E-state index in [0.29, 0.717) is 0 Å². The molecule has 0 aromatic carbocycles. The molecule has 1 unspecified atom stereocenters. The van der Waals surface area contributed by atoms with Crippen LogP contribution in [0.2, 0.25) is 0 Å². The first kappa shape index (κ1) is 27.0. The molecular weight excluding hydrogens is 324 g/mol. The zero-order valence-electron chi connectivity index (χ0n) is 19.8. The maximum Gasteiger partial charge on any atom is -0.0414 e. The van der Waals surface area contributed by atoms with Crippen molar-refractivity contribution in [3.05, 3.63) is 0 Å². The van der Waals surface area contributed by atoms with E-state index < -0.39 is 0 Å². The van der Waals surface area contributed by atoms with Crippen molar-refractivity contribution < 1.29 is 0 Å². The van der Waals surface area contributed by atoms with E-state index in [1.807, 2.05) is 0 Å². The molecule has 0 N–H and O–H groups in total. The van der Waals surface area contributed by atoms with Crippen LogP contribution in [0, 0.1) is 5.92 Å². The van der Waals surface area contributed by atoms with Gasteiger partial charge in [0.1, 0.15) is 0 Å². The Bertz CT molecular complexity index is 244. The Balaban J connectivity index is 3.75. The van der Waals surface area contributed by atoms with Crippen LogP contribution in [0.1, 0.15) is 168 Å². The highest BCUT2D eigenvalue weighted by Crippen LogP contribution is 2.24. The molecule has 27 heavy (non-hydrogen) atoms. The molecule has 0 heterocycles. The fourth-order valence-electron chi connectivity index (χ4n) is 4.43. The van der Waals surface area contributed by atoms with Crippen LogP contribution in [0.4, 0.5) is 0 Å². The summed E-state index contributed by atoms with van der Waals surface area (Å²) in [6.45, 7) is 6.95. The lowest BCUT2D eigenvalue weighted by Crippen LogP contribution is -2.01. The molecule has 0 amide bonds. The molecule has 0 aliphatic heterocycles. The zero-order valence-corrected chi connectivity index (χ0v) is 19.8. The van der Waals surface area contributed by atoms with Crippen molar-refractivity contribution in [1.82, 2.24) is 0 Å².